The summed E-state index contributed by atoms with van der Waals surface area (Å²) in [5.41, 5.74) is 2.65. The number of likely N-dealkylation sites (tertiary alicyclic amines) is 1. The minimum atomic E-state index is -0.865. The van der Waals surface area contributed by atoms with E-state index in [2.05, 4.69) is 16.1 Å². The monoisotopic (exact) mass is 328 g/mol. The summed E-state index contributed by atoms with van der Waals surface area (Å²) in [6.07, 6.45) is 7.13. The van der Waals surface area contributed by atoms with Crippen molar-refractivity contribution in [3.63, 3.8) is 0 Å². The van der Waals surface area contributed by atoms with Gasteiger partial charge in [-0.15, -0.1) is 0 Å². The number of piperidine rings is 1. The van der Waals surface area contributed by atoms with E-state index in [1.165, 1.54) is 18.4 Å². The number of hydrogen-bond donors (Lipinski definition) is 2. The Kier molecular flexibility index (Phi) is 4.29. The molecule has 2 N–H and O–H groups in total. The van der Waals surface area contributed by atoms with Crippen molar-refractivity contribution >= 4 is 16.9 Å². The average molecular weight is 328 g/mol. The van der Waals surface area contributed by atoms with Crippen LogP contribution in [0.4, 0.5) is 0 Å². The molecule has 2 fully saturated rings. The molecule has 0 bridgehead atoms. The number of carbonyl (C=O) groups is 1. The van der Waals surface area contributed by atoms with Crippen LogP contribution < -0.4 is 0 Å². The summed E-state index contributed by atoms with van der Waals surface area (Å²) in [5.74, 6) is -0.362. The highest BCUT2D eigenvalue weighted by Crippen LogP contribution is 2.34. The van der Waals surface area contributed by atoms with Gasteiger partial charge in [0.2, 0.25) is 0 Å². The fraction of sp³-hybridized carbons (Fsp3) is 0.526. The third kappa shape index (κ3) is 3.06. The first-order valence-electron chi connectivity index (χ1n) is 8.89. The largest absolute Gasteiger partial charge is 0.478 e. The third-order valence-electron chi connectivity index (χ3n) is 5.47. The minimum absolute atomic E-state index is 0.360. The second-order valence-corrected chi connectivity index (χ2v) is 7.02. The molecule has 2 aliphatic heterocycles. The molecular formula is C19H24N2O3. The summed E-state index contributed by atoms with van der Waals surface area (Å²) in [6.45, 7) is 4.16. The van der Waals surface area contributed by atoms with Gasteiger partial charge in [-0.3, -0.25) is 0 Å². The number of hydrogen-bond acceptors (Lipinski definition) is 3. The maximum Gasteiger partial charge on any atom is 0.335 e. The fourth-order valence-electron chi connectivity index (χ4n) is 4.12. The van der Waals surface area contributed by atoms with Crippen LogP contribution in [0.5, 0.6) is 0 Å². The maximum absolute atomic E-state index is 11.2. The van der Waals surface area contributed by atoms with Gasteiger partial charge in [0.1, 0.15) is 0 Å². The van der Waals surface area contributed by atoms with E-state index in [4.69, 9.17) is 4.74 Å². The molecule has 5 heteroatoms. The SMILES string of the molecule is O=C(O)c1ccc2[nH]cc(C3CCN(CC4CCCO4)CC3)c2c1. The van der Waals surface area contributed by atoms with E-state index >= 15 is 0 Å². The number of nitrogens with zero attached hydrogens (tertiary/aromatic N) is 1. The summed E-state index contributed by atoms with van der Waals surface area (Å²) in [4.78, 5) is 17.0. The Morgan fingerprint density at radius 1 is 1.29 bits per heavy atom. The lowest BCUT2D eigenvalue weighted by Crippen LogP contribution is -2.38. The molecule has 5 nitrogen and oxygen atoms in total. The summed E-state index contributed by atoms with van der Waals surface area (Å²) in [5, 5.41) is 10.3. The molecule has 2 aromatic rings. The van der Waals surface area contributed by atoms with Crippen molar-refractivity contribution in [2.75, 3.05) is 26.2 Å². The molecule has 2 saturated heterocycles. The molecule has 0 saturated carbocycles. The Balaban J connectivity index is 1.46. The summed E-state index contributed by atoms with van der Waals surface area (Å²) >= 11 is 0. The van der Waals surface area contributed by atoms with Crippen LogP contribution in [0, 0.1) is 0 Å². The molecule has 0 aliphatic carbocycles. The normalized spacial score (nSPS) is 23.1. The van der Waals surface area contributed by atoms with Gasteiger partial charge in [-0.25, -0.2) is 4.79 Å². The number of fused-ring (bicyclic) bond motifs is 1. The predicted molar refractivity (Wildman–Crippen MR) is 92.6 cm³/mol. The van der Waals surface area contributed by atoms with Crippen LogP contribution in [-0.4, -0.2) is 53.3 Å². The average Bonchev–Trinajstić information content (AvgIpc) is 3.24. The molecule has 1 aromatic carbocycles. The van der Waals surface area contributed by atoms with E-state index in [0.29, 0.717) is 17.6 Å². The van der Waals surface area contributed by atoms with Gasteiger partial charge in [0, 0.05) is 30.3 Å². The van der Waals surface area contributed by atoms with Crippen molar-refractivity contribution in [2.24, 2.45) is 0 Å². The summed E-state index contributed by atoms with van der Waals surface area (Å²) in [7, 11) is 0. The predicted octanol–water partition coefficient (Wildman–Crippen LogP) is 3.22. The fourth-order valence-corrected chi connectivity index (χ4v) is 4.12. The second kappa shape index (κ2) is 6.57. The summed E-state index contributed by atoms with van der Waals surface area (Å²) < 4.78 is 5.75. The van der Waals surface area contributed by atoms with E-state index in [9.17, 15) is 9.90 Å². The van der Waals surface area contributed by atoms with E-state index in [0.717, 1.165) is 50.0 Å². The van der Waals surface area contributed by atoms with E-state index < -0.39 is 5.97 Å². The van der Waals surface area contributed by atoms with Gasteiger partial charge >= 0.3 is 5.97 Å². The highest BCUT2D eigenvalue weighted by atomic mass is 16.5. The third-order valence-corrected chi connectivity index (χ3v) is 5.47. The lowest BCUT2D eigenvalue weighted by Gasteiger charge is -2.33. The van der Waals surface area contributed by atoms with Crippen LogP contribution >= 0.6 is 0 Å². The number of carboxylic acids is 1. The van der Waals surface area contributed by atoms with Gasteiger partial charge < -0.3 is 19.7 Å². The highest BCUT2D eigenvalue weighted by molar-refractivity contribution is 5.94. The van der Waals surface area contributed by atoms with Gasteiger partial charge in [0.05, 0.1) is 11.7 Å². The number of carboxylic acid groups (broad SMARTS) is 1. The molecule has 3 heterocycles. The minimum Gasteiger partial charge on any atom is -0.478 e. The Hall–Kier alpha value is -1.85. The maximum atomic E-state index is 11.2. The molecule has 128 valence electrons. The number of H-pyrrole nitrogens is 1. The van der Waals surface area contributed by atoms with Crippen LogP contribution in [0.15, 0.2) is 24.4 Å². The number of nitrogens with one attached hydrogen (secondary N) is 1. The molecule has 1 aromatic heterocycles. The van der Waals surface area contributed by atoms with Gasteiger partial charge in [-0.1, -0.05) is 0 Å². The first kappa shape index (κ1) is 15.7. The van der Waals surface area contributed by atoms with Crippen molar-refractivity contribution in [1.29, 1.82) is 0 Å². The zero-order valence-electron chi connectivity index (χ0n) is 13.8. The molecule has 1 unspecified atom stereocenters. The van der Waals surface area contributed by atoms with Gasteiger partial charge in [0.15, 0.2) is 0 Å². The second-order valence-electron chi connectivity index (χ2n) is 7.02. The lowest BCUT2D eigenvalue weighted by molar-refractivity contribution is 0.0644. The number of benzene rings is 1. The molecule has 1 atom stereocenters. The number of rotatable bonds is 4. The molecular weight excluding hydrogens is 304 g/mol. The Morgan fingerprint density at radius 3 is 2.83 bits per heavy atom. The van der Waals surface area contributed by atoms with Crippen LogP contribution in [0.1, 0.15) is 47.5 Å². The van der Waals surface area contributed by atoms with Crippen molar-refractivity contribution in [1.82, 2.24) is 9.88 Å². The molecule has 0 amide bonds. The Morgan fingerprint density at radius 2 is 2.12 bits per heavy atom. The van der Waals surface area contributed by atoms with Gasteiger partial charge in [-0.2, -0.15) is 0 Å². The Bertz CT molecular complexity index is 725. The first-order valence-corrected chi connectivity index (χ1v) is 8.89. The van der Waals surface area contributed by atoms with Crippen molar-refractivity contribution in [3.8, 4) is 0 Å². The van der Waals surface area contributed by atoms with E-state index in [1.54, 1.807) is 6.07 Å². The first-order chi connectivity index (χ1) is 11.7. The van der Waals surface area contributed by atoms with E-state index in [-0.39, 0.29) is 0 Å². The number of aromatic nitrogens is 1. The van der Waals surface area contributed by atoms with Crippen LogP contribution in [-0.2, 0) is 4.74 Å². The highest BCUT2D eigenvalue weighted by Gasteiger charge is 2.26. The molecule has 0 spiro atoms. The molecule has 4 rings (SSSR count). The van der Waals surface area contributed by atoms with Crippen molar-refractivity contribution < 1.29 is 14.6 Å². The zero-order chi connectivity index (χ0) is 16.5. The van der Waals surface area contributed by atoms with Crippen LogP contribution in [0.2, 0.25) is 0 Å². The number of ether oxygens (including phenoxy) is 1. The number of aromatic carboxylic acids is 1. The molecule has 0 radical (unpaired) electrons. The van der Waals surface area contributed by atoms with Crippen LogP contribution in [0.3, 0.4) is 0 Å². The number of aromatic amines is 1. The smallest absolute Gasteiger partial charge is 0.335 e. The Labute approximate surface area is 141 Å². The quantitative estimate of drug-likeness (QED) is 0.904. The van der Waals surface area contributed by atoms with Gasteiger partial charge in [-0.05, 0) is 68.5 Å². The molecule has 24 heavy (non-hydrogen) atoms. The van der Waals surface area contributed by atoms with Gasteiger partial charge in [0.25, 0.3) is 0 Å². The summed E-state index contributed by atoms with van der Waals surface area (Å²) in [6, 6.07) is 5.34. The molecule has 2 aliphatic rings. The standard InChI is InChI=1S/C19H24N2O3/c22-19(23)14-3-4-18-16(10-14)17(11-20-18)13-5-7-21(8-6-13)12-15-2-1-9-24-15/h3-4,10-11,13,15,20H,1-2,5-9,12H2,(H,22,23). The van der Waals surface area contributed by atoms with E-state index in [1.807, 2.05) is 12.1 Å². The topological polar surface area (TPSA) is 65.6 Å². The lowest BCUT2D eigenvalue weighted by atomic mass is 9.88. The zero-order valence-corrected chi connectivity index (χ0v) is 13.8. The van der Waals surface area contributed by atoms with Crippen LogP contribution in [0.25, 0.3) is 10.9 Å². The van der Waals surface area contributed by atoms with Crippen molar-refractivity contribution in [3.05, 3.63) is 35.5 Å². The van der Waals surface area contributed by atoms with Crippen molar-refractivity contribution in [2.45, 2.75) is 37.7 Å².